The van der Waals surface area contributed by atoms with Crippen LogP contribution in [0.25, 0.3) is 0 Å². The monoisotopic (exact) mass is 272 g/mol. The van der Waals surface area contributed by atoms with Crippen LogP contribution in [-0.4, -0.2) is 37.1 Å². The van der Waals surface area contributed by atoms with E-state index in [1.165, 1.54) is 13.4 Å². The average Bonchev–Trinajstić information content (AvgIpc) is 2.47. The number of aromatic nitrogens is 2. The predicted molar refractivity (Wildman–Crippen MR) is 77.4 cm³/mol. The number of rotatable bonds is 4. The number of carbonyl (C=O) groups is 1. The number of methoxy groups -OCH3 is 1. The Labute approximate surface area is 117 Å². The molecule has 0 atom stereocenters. The first-order valence-corrected chi connectivity index (χ1v) is 6.05. The Morgan fingerprint density at radius 2 is 2.00 bits per heavy atom. The summed E-state index contributed by atoms with van der Waals surface area (Å²) in [5, 5.41) is 3.10. The van der Waals surface area contributed by atoms with Crippen molar-refractivity contribution in [1.29, 1.82) is 0 Å². The van der Waals surface area contributed by atoms with E-state index in [4.69, 9.17) is 4.74 Å². The third-order valence-electron chi connectivity index (χ3n) is 2.71. The van der Waals surface area contributed by atoms with Crippen LogP contribution in [0.5, 0.6) is 0 Å². The van der Waals surface area contributed by atoms with E-state index in [1.807, 2.05) is 25.1 Å². The van der Waals surface area contributed by atoms with Crippen LogP contribution in [0, 0.1) is 0 Å². The third kappa shape index (κ3) is 3.03. The average molecular weight is 272 g/mol. The van der Waals surface area contributed by atoms with E-state index in [0.717, 1.165) is 5.82 Å². The second-order valence-corrected chi connectivity index (χ2v) is 4.32. The van der Waals surface area contributed by atoms with E-state index < -0.39 is 5.97 Å². The Morgan fingerprint density at radius 1 is 1.25 bits per heavy atom. The molecular weight excluding hydrogens is 256 g/mol. The topological polar surface area (TPSA) is 67.3 Å². The summed E-state index contributed by atoms with van der Waals surface area (Å²) in [4.78, 5) is 21.9. The molecule has 1 aromatic carbocycles. The normalized spacial score (nSPS) is 9.95. The zero-order chi connectivity index (χ0) is 14.5. The molecular formula is C14H16N4O2. The number of carbonyl (C=O) groups excluding carboxylic acids is 1. The number of hydrogen-bond donors (Lipinski definition) is 1. The van der Waals surface area contributed by atoms with Crippen LogP contribution < -0.4 is 10.2 Å². The summed E-state index contributed by atoms with van der Waals surface area (Å²) in [6.45, 7) is 0. The molecule has 20 heavy (non-hydrogen) atoms. The number of nitrogens with zero attached hydrogens (tertiary/aromatic N) is 3. The molecule has 0 amide bonds. The van der Waals surface area contributed by atoms with Crippen molar-refractivity contribution < 1.29 is 9.53 Å². The zero-order valence-corrected chi connectivity index (χ0v) is 11.6. The fraction of sp³-hybridized carbons (Fsp3) is 0.214. The molecule has 0 bridgehead atoms. The van der Waals surface area contributed by atoms with E-state index in [1.54, 1.807) is 24.3 Å². The highest BCUT2D eigenvalue weighted by Gasteiger charge is 2.11. The van der Waals surface area contributed by atoms with Crippen LogP contribution in [-0.2, 0) is 4.74 Å². The SMILES string of the molecule is COC(=O)c1ccccc1Nc1cc(N(C)C)ncn1. The van der Waals surface area contributed by atoms with Crippen LogP contribution in [0.1, 0.15) is 10.4 Å². The first-order valence-electron chi connectivity index (χ1n) is 6.05. The number of ether oxygens (including phenoxy) is 1. The summed E-state index contributed by atoms with van der Waals surface area (Å²) in [5.41, 5.74) is 1.10. The number of hydrogen-bond acceptors (Lipinski definition) is 6. The molecule has 0 fully saturated rings. The van der Waals surface area contributed by atoms with Crippen molar-refractivity contribution in [2.45, 2.75) is 0 Å². The second kappa shape index (κ2) is 6.01. The van der Waals surface area contributed by atoms with Crippen LogP contribution in [0.3, 0.4) is 0 Å². The van der Waals surface area contributed by atoms with E-state index >= 15 is 0 Å². The van der Waals surface area contributed by atoms with Gasteiger partial charge in [0, 0.05) is 20.2 Å². The van der Waals surface area contributed by atoms with E-state index in [9.17, 15) is 4.79 Å². The number of esters is 1. The van der Waals surface area contributed by atoms with Crippen molar-refractivity contribution in [3.63, 3.8) is 0 Å². The van der Waals surface area contributed by atoms with Gasteiger partial charge in [-0.25, -0.2) is 14.8 Å². The lowest BCUT2D eigenvalue weighted by Gasteiger charge is -2.13. The highest BCUT2D eigenvalue weighted by Crippen LogP contribution is 2.21. The second-order valence-electron chi connectivity index (χ2n) is 4.32. The summed E-state index contributed by atoms with van der Waals surface area (Å²) < 4.78 is 4.76. The molecule has 2 aromatic rings. The maximum absolute atomic E-state index is 11.7. The molecule has 2 rings (SSSR count). The fourth-order valence-corrected chi connectivity index (χ4v) is 1.68. The number of anilines is 3. The highest BCUT2D eigenvalue weighted by atomic mass is 16.5. The molecule has 6 nitrogen and oxygen atoms in total. The highest BCUT2D eigenvalue weighted by molar-refractivity contribution is 5.96. The van der Waals surface area contributed by atoms with Crippen molar-refractivity contribution in [2.24, 2.45) is 0 Å². The third-order valence-corrected chi connectivity index (χ3v) is 2.71. The van der Waals surface area contributed by atoms with Gasteiger partial charge < -0.3 is 15.0 Å². The lowest BCUT2D eigenvalue weighted by Crippen LogP contribution is -2.11. The molecule has 0 saturated heterocycles. The molecule has 0 radical (unpaired) electrons. The minimum Gasteiger partial charge on any atom is -0.465 e. The van der Waals surface area contributed by atoms with Gasteiger partial charge in [0.05, 0.1) is 18.4 Å². The van der Waals surface area contributed by atoms with Gasteiger partial charge in [0.15, 0.2) is 0 Å². The van der Waals surface area contributed by atoms with Gasteiger partial charge in [-0.05, 0) is 12.1 Å². The van der Waals surface area contributed by atoms with E-state index in [0.29, 0.717) is 17.1 Å². The van der Waals surface area contributed by atoms with Gasteiger partial charge in [0.1, 0.15) is 18.0 Å². The Kier molecular flexibility index (Phi) is 4.14. The molecule has 0 aliphatic carbocycles. The minimum absolute atomic E-state index is 0.394. The Balaban J connectivity index is 2.30. The predicted octanol–water partition coefficient (Wildman–Crippen LogP) is 2.07. The maximum Gasteiger partial charge on any atom is 0.339 e. The molecule has 1 aromatic heterocycles. The zero-order valence-electron chi connectivity index (χ0n) is 11.6. The molecule has 104 valence electrons. The summed E-state index contributed by atoms with van der Waals surface area (Å²) in [6, 6.07) is 8.91. The van der Waals surface area contributed by atoms with Crippen molar-refractivity contribution in [2.75, 3.05) is 31.4 Å². The Bertz CT molecular complexity index is 614. The minimum atomic E-state index is -0.394. The van der Waals surface area contributed by atoms with Gasteiger partial charge >= 0.3 is 5.97 Å². The maximum atomic E-state index is 11.7. The Morgan fingerprint density at radius 3 is 2.70 bits per heavy atom. The number of benzene rings is 1. The quantitative estimate of drug-likeness (QED) is 0.859. The molecule has 0 saturated carbocycles. The lowest BCUT2D eigenvalue weighted by molar-refractivity contribution is 0.0602. The van der Waals surface area contributed by atoms with Crippen molar-refractivity contribution in [3.05, 3.63) is 42.2 Å². The summed E-state index contributed by atoms with van der Waals surface area (Å²) in [6.07, 6.45) is 1.47. The van der Waals surface area contributed by atoms with Gasteiger partial charge in [0.2, 0.25) is 0 Å². The van der Waals surface area contributed by atoms with Crippen molar-refractivity contribution in [1.82, 2.24) is 9.97 Å². The summed E-state index contributed by atoms with van der Waals surface area (Å²) in [5.74, 6) is 0.994. The molecule has 1 heterocycles. The lowest BCUT2D eigenvalue weighted by atomic mass is 10.2. The molecule has 0 aliphatic rings. The summed E-state index contributed by atoms with van der Waals surface area (Å²) >= 11 is 0. The van der Waals surface area contributed by atoms with Crippen LogP contribution in [0.4, 0.5) is 17.3 Å². The van der Waals surface area contributed by atoms with Crippen LogP contribution in [0.2, 0.25) is 0 Å². The molecule has 0 aliphatic heterocycles. The van der Waals surface area contributed by atoms with Gasteiger partial charge in [-0.15, -0.1) is 0 Å². The first kappa shape index (κ1) is 13.8. The van der Waals surface area contributed by atoms with Gasteiger partial charge in [-0.2, -0.15) is 0 Å². The molecule has 6 heteroatoms. The smallest absolute Gasteiger partial charge is 0.339 e. The van der Waals surface area contributed by atoms with Gasteiger partial charge in [-0.1, -0.05) is 12.1 Å². The standard InChI is InChI=1S/C14H16N4O2/c1-18(2)13-8-12(15-9-16-13)17-11-7-5-4-6-10(11)14(19)20-3/h4-9H,1-3H3,(H,15,16,17). The van der Waals surface area contributed by atoms with E-state index in [-0.39, 0.29) is 0 Å². The molecule has 0 unspecified atom stereocenters. The van der Waals surface area contributed by atoms with Crippen LogP contribution in [0.15, 0.2) is 36.7 Å². The van der Waals surface area contributed by atoms with Crippen molar-refractivity contribution >= 4 is 23.3 Å². The Hall–Kier alpha value is -2.63. The molecule has 0 spiro atoms. The van der Waals surface area contributed by atoms with Crippen molar-refractivity contribution in [3.8, 4) is 0 Å². The summed E-state index contributed by atoms with van der Waals surface area (Å²) in [7, 11) is 5.15. The van der Waals surface area contributed by atoms with Gasteiger partial charge in [-0.3, -0.25) is 0 Å². The number of nitrogens with one attached hydrogen (secondary N) is 1. The van der Waals surface area contributed by atoms with Crippen LogP contribution >= 0.6 is 0 Å². The largest absolute Gasteiger partial charge is 0.465 e. The fourth-order valence-electron chi connectivity index (χ4n) is 1.68. The van der Waals surface area contributed by atoms with E-state index in [2.05, 4.69) is 15.3 Å². The number of para-hydroxylation sites is 1. The van der Waals surface area contributed by atoms with Gasteiger partial charge in [0.25, 0.3) is 0 Å². The molecule has 1 N–H and O–H groups in total. The first-order chi connectivity index (χ1) is 9.61.